The first-order valence-electron chi connectivity index (χ1n) is 5.32. The fraction of sp³-hybridized carbons (Fsp3) is 0.545. The van der Waals surface area contributed by atoms with Gasteiger partial charge < -0.3 is 9.84 Å². The number of unbranched alkanes of at least 4 members (excludes halogenated alkanes) is 1. The number of rotatable bonds is 7. The third kappa shape index (κ3) is 6.00. The summed E-state index contributed by atoms with van der Waals surface area (Å²) in [5, 5.41) is 8.96. The molecule has 1 unspecified atom stereocenters. The van der Waals surface area contributed by atoms with Crippen molar-refractivity contribution in [1.29, 1.82) is 0 Å². The van der Waals surface area contributed by atoms with Crippen LogP contribution in [0, 0.1) is 0 Å². The molecule has 0 saturated heterocycles. The number of pyridine rings is 1. The number of ether oxygens (including phenoxy) is 1. The molecule has 1 rings (SSSR count). The lowest BCUT2D eigenvalue weighted by Crippen LogP contribution is -2.02. The molecule has 6 heteroatoms. The number of nitrogens with zero attached hydrogens (tertiary/aromatic N) is 1. The van der Waals surface area contributed by atoms with Gasteiger partial charge in [0.1, 0.15) is 5.15 Å². The lowest BCUT2D eigenvalue weighted by Gasteiger charge is -2.07. The van der Waals surface area contributed by atoms with Crippen molar-refractivity contribution in [3.05, 3.63) is 22.8 Å². The zero-order valence-corrected chi connectivity index (χ0v) is 11.3. The van der Waals surface area contributed by atoms with Crippen molar-refractivity contribution >= 4 is 22.4 Å². The smallest absolute Gasteiger partial charge is 0.214 e. The molecule has 0 aliphatic carbocycles. The van der Waals surface area contributed by atoms with E-state index in [1.54, 1.807) is 18.4 Å². The van der Waals surface area contributed by atoms with E-state index < -0.39 is 10.8 Å². The largest absolute Gasteiger partial charge is 0.478 e. The highest BCUT2D eigenvalue weighted by Crippen LogP contribution is 2.17. The molecule has 0 amide bonds. The molecule has 0 spiro atoms. The van der Waals surface area contributed by atoms with Gasteiger partial charge in [-0.3, -0.25) is 4.21 Å². The molecule has 4 nitrogen and oxygen atoms in total. The zero-order chi connectivity index (χ0) is 12.7. The normalized spacial score (nSPS) is 12.4. The number of halogens is 1. The summed E-state index contributed by atoms with van der Waals surface area (Å²) >= 11 is 5.84. The molecule has 0 aliphatic heterocycles. The van der Waals surface area contributed by atoms with E-state index in [1.165, 1.54) is 0 Å². The van der Waals surface area contributed by atoms with Gasteiger partial charge in [-0.05, 0) is 24.5 Å². The summed E-state index contributed by atoms with van der Waals surface area (Å²) in [6.07, 6.45) is 3.10. The van der Waals surface area contributed by atoms with Crippen LogP contribution < -0.4 is 4.74 Å². The van der Waals surface area contributed by atoms with Gasteiger partial charge in [0.25, 0.3) is 0 Å². The molecule has 1 N–H and O–H groups in total. The van der Waals surface area contributed by atoms with E-state index in [4.69, 9.17) is 21.4 Å². The van der Waals surface area contributed by atoms with Crippen LogP contribution in [0.25, 0.3) is 0 Å². The summed E-state index contributed by atoms with van der Waals surface area (Å²) in [6.45, 7) is 0.648. The van der Waals surface area contributed by atoms with Gasteiger partial charge >= 0.3 is 0 Å². The van der Waals surface area contributed by atoms with E-state index in [0.29, 0.717) is 29.8 Å². The third-order valence-corrected chi connectivity index (χ3v) is 2.94. The van der Waals surface area contributed by atoms with E-state index in [2.05, 4.69) is 4.98 Å². The number of hydrogen-bond acceptors (Lipinski definition) is 4. The monoisotopic (exact) mass is 277 g/mol. The van der Waals surface area contributed by atoms with Crippen LogP contribution in [0.1, 0.15) is 18.4 Å². The van der Waals surface area contributed by atoms with Gasteiger partial charge in [0.05, 0.1) is 6.61 Å². The van der Waals surface area contributed by atoms with E-state index in [1.807, 2.05) is 0 Å². The standard InChI is InChI=1S/C11H16ClNO3S/c1-17(15)8-9-6-10(12)13-11(7-9)16-5-3-2-4-14/h6-7,14H,2-5,8H2,1H3. The Morgan fingerprint density at radius 3 is 2.88 bits per heavy atom. The minimum absolute atomic E-state index is 0.159. The first-order chi connectivity index (χ1) is 8.11. The molecule has 0 radical (unpaired) electrons. The van der Waals surface area contributed by atoms with Crippen LogP contribution in [-0.2, 0) is 16.6 Å². The third-order valence-electron chi connectivity index (χ3n) is 2.00. The summed E-state index contributed by atoms with van der Waals surface area (Å²) in [4.78, 5) is 4.02. The predicted molar refractivity (Wildman–Crippen MR) is 68.8 cm³/mol. The molecule has 96 valence electrons. The minimum Gasteiger partial charge on any atom is -0.478 e. The summed E-state index contributed by atoms with van der Waals surface area (Å²) < 4.78 is 16.5. The van der Waals surface area contributed by atoms with Gasteiger partial charge in [-0.25, -0.2) is 4.98 Å². The molecule has 1 aromatic heterocycles. The predicted octanol–water partition coefficient (Wildman–Crippen LogP) is 1.76. The Morgan fingerprint density at radius 2 is 2.24 bits per heavy atom. The molecule has 0 bridgehead atoms. The summed E-state index contributed by atoms with van der Waals surface area (Å²) in [7, 11) is -0.917. The van der Waals surface area contributed by atoms with Crippen molar-refractivity contribution < 1.29 is 14.1 Å². The van der Waals surface area contributed by atoms with E-state index in [0.717, 1.165) is 12.0 Å². The van der Waals surface area contributed by atoms with Crippen molar-refractivity contribution in [1.82, 2.24) is 4.98 Å². The van der Waals surface area contributed by atoms with E-state index in [-0.39, 0.29) is 6.61 Å². The average molecular weight is 278 g/mol. The SMILES string of the molecule is CS(=O)Cc1cc(Cl)nc(OCCCCO)c1. The number of aliphatic hydroxyl groups excluding tert-OH is 1. The summed E-state index contributed by atoms with van der Waals surface area (Å²) in [6, 6.07) is 3.43. The van der Waals surface area contributed by atoms with Gasteiger partial charge in [0, 0.05) is 35.5 Å². The van der Waals surface area contributed by atoms with Gasteiger partial charge in [-0.15, -0.1) is 0 Å². The minimum atomic E-state index is -0.917. The Kier molecular flexibility index (Phi) is 6.47. The average Bonchev–Trinajstić information content (AvgIpc) is 2.22. The first kappa shape index (κ1) is 14.4. The molecule has 17 heavy (non-hydrogen) atoms. The van der Waals surface area contributed by atoms with Crippen LogP contribution >= 0.6 is 11.6 Å². The fourth-order valence-electron chi connectivity index (χ4n) is 1.31. The lowest BCUT2D eigenvalue weighted by atomic mass is 10.3. The number of aromatic nitrogens is 1. The van der Waals surface area contributed by atoms with Gasteiger partial charge in [0.15, 0.2) is 0 Å². The van der Waals surface area contributed by atoms with E-state index >= 15 is 0 Å². The quantitative estimate of drug-likeness (QED) is 0.609. The van der Waals surface area contributed by atoms with Crippen LogP contribution in [0.5, 0.6) is 5.88 Å². The highest BCUT2D eigenvalue weighted by molar-refractivity contribution is 7.83. The Bertz CT molecular complexity index is 387. The molecule has 0 aromatic carbocycles. The van der Waals surface area contributed by atoms with Crippen molar-refractivity contribution in [3.63, 3.8) is 0 Å². The number of hydrogen-bond donors (Lipinski definition) is 1. The van der Waals surface area contributed by atoms with Crippen LogP contribution in [0.3, 0.4) is 0 Å². The highest BCUT2D eigenvalue weighted by Gasteiger charge is 2.04. The Hall–Kier alpha value is -0.650. The van der Waals surface area contributed by atoms with Crippen LogP contribution in [-0.4, -0.2) is 33.8 Å². The second-order valence-corrected chi connectivity index (χ2v) is 5.46. The van der Waals surface area contributed by atoms with Crippen molar-refractivity contribution in [2.75, 3.05) is 19.5 Å². The number of aliphatic hydroxyl groups is 1. The maximum Gasteiger partial charge on any atom is 0.214 e. The Morgan fingerprint density at radius 1 is 1.47 bits per heavy atom. The van der Waals surface area contributed by atoms with Gasteiger partial charge in [-0.2, -0.15) is 0 Å². The van der Waals surface area contributed by atoms with Crippen LogP contribution in [0.2, 0.25) is 5.15 Å². The molecular formula is C11H16ClNO3S. The maximum absolute atomic E-state index is 11.1. The van der Waals surface area contributed by atoms with Crippen molar-refractivity contribution in [2.45, 2.75) is 18.6 Å². The molecule has 1 atom stereocenters. The van der Waals surface area contributed by atoms with Gasteiger partial charge in [0.2, 0.25) is 5.88 Å². The molecule has 0 fully saturated rings. The molecule has 1 aromatic rings. The summed E-state index contributed by atoms with van der Waals surface area (Å²) in [5.74, 6) is 0.880. The zero-order valence-electron chi connectivity index (χ0n) is 9.69. The Balaban J connectivity index is 2.59. The maximum atomic E-state index is 11.1. The van der Waals surface area contributed by atoms with Crippen molar-refractivity contribution in [3.8, 4) is 5.88 Å². The van der Waals surface area contributed by atoms with Crippen molar-refractivity contribution in [2.24, 2.45) is 0 Å². The molecular weight excluding hydrogens is 262 g/mol. The van der Waals surface area contributed by atoms with Crippen LogP contribution in [0.4, 0.5) is 0 Å². The molecule has 0 aliphatic rings. The fourth-order valence-corrected chi connectivity index (χ4v) is 2.17. The van der Waals surface area contributed by atoms with E-state index in [9.17, 15) is 4.21 Å². The highest BCUT2D eigenvalue weighted by atomic mass is 35.5. The van der Waals surface area contributed by atoms with Gasteiger partial charge in [-0.1, -0.05) is 11.6 Å². The summed E-state index contributed by atoms with van der Waals surface area (Å²) in [5.41, 5.74) is 0.850. The lowest BCUT2D eigenvalue weighted by molar-refractivity contribution is 0.249. The topological polar surface area (TPSA) is 59.4 Å². The second kappa shape index (κ2) is 7.63. The van der Waals surface area contributed by atoms with Crippen LogP contribution in [0.15, 0.2) is 12.1 Å². The molecule has 1 heterocycles. The first-order valence-corrected chi connectivity index (χ1v) is 7.42. The second-order valence-electron chi connectivity index (χ2n) is 3.63. The molecule has 0 saturated carbocycles. The Labute approximate surface area is 108 Å².